The number of benzene rings is 3. The summed E-state index contributed by atoms with van der Waals surface area (Å²) in [6.45, 7) is 4.20. The molecule has 0 spiro atoms. The molecule has 3 aromatic carbocycles. The molecule has 5 atom stereocenters. The fraction of sp³-hybridized carbons (Fsp3) is 0.294. The standard InChI is InChI=1S/C34H30Cl2FN3O3/c1-34(2)42-30-25(16-27(31(30)43-34)40-17-26(37)28-32(36)38-19-39-33(28)40)29(23-12-14-24(35)15-13-23)41-18-20-8-10-22(11-9-20)21-6-4-3-5-7-21/h3-15,17,19,25,27,29-31H,16,18H2,1-2H3/t25-,27+,29-,30-,31+/m1/s1. The highest BCUT2D eigenvalue weighted by atomic mass is 35.5. The molecule has 1 saturated carbocycles. The molecule has 7 rings (SSSR count). The second kappa shape index (κ2) is 11.3. The van der Waals surface area contributed by atoms with Crippen LogP contribution in [0.3, 0.4) is 0 Å². The molecule has 9 heteroatoms. The molecule has 220 valence electrons. The molecule has 0 unspecified atom stereocenters. The third kappa shape index (κ3) is 5.45. The molecule has 5 aromatic rings. The molecule has 0 N–H and O–H groups in total. The molecule has 43 heavy (non-hydrogen) atoms. The van der Waals surface area contributed by atoms with E-state index in [1.807, 2.05) is 60.9 Å². The van der Waals surface area contributed by atoms with Crippen LogP contribution in [0.1, 0.15) is 43.5 Å². The van der Waals surface area contributed by atoms with Crippen LogP contribution in [0.5, 0.6) is 0 Å². The Morgan fingerprint density at radius 3 is 2.37 bits per heavy atom. The number of halogens is 3. The van der Waals surface area contributed by atoms with Crippen LogP contribution in [0.2, 0.25) is 10.2 Å². The van der Waals surface area contributed by atoms with E-state index in [0.717, 1.165) is 16.7 Å². The number of aromatic nitrogens is 3. The largest absolute Gasteiger partial charge is 0.368 e. The van der Waals surface area contributed by atoms with Crippen molar-refractivity contribution in [3.63, 3.8) is 0 Å². The van der Waals surface area contributed by atoms with Crippen molar-refractivity contribution in [3.05, 3.63) is 119 Å². The topological polar surface area (TPSA) is 58.4 Å². The number of hydrogen-bond donors (Lipinski definition) is 0. The van der Waals surface area contributed by atoms with Crippen LogP contribution < -0.4 is 0 Å². The molecule has 1 aliphatic heterocycles. The van der Waals surface area contributed by atoms with Crippen molar-refractivity contribution in [2.24, 2.45) is 5.92 Å². The van der Waals surface area contributed by atoms with Crippen LogP contribution in [0.4, 0.5) is 4.39 Å². The van der Waals surface area contributed by atoms with Gasteiger partial charge in [-0.05, 0) is 54.7 Å². The first-order valence-corrected chi connectivity index (χ1v) is 15.1. The van der Waals surface area contributed by atoms with Gasteiger partial charge in [-0.2, -0.15) is 0 Å². The van der Waals surface area contributed by atoms with E-state index in [1.165, 1.54) is 18.1 Å². The summed E-state index contributed by atoms with van der Waals surface area (Å²) in [6, 6.07) is 26.2. The van der Waals surface area contributed by atoms with E-state index in [1.54, 1.807) is 0 Å². The van der Waals surface area contributed by atoms with Gasteiger partial charge in [0.15, 0.2) is 11.6 Å². The minimum Gasteiger partial charge on any atom is -0.368 e. The number of nitrogens with zero attached hydrogens (tertiary/aromatic N) is 3. The Morgan fingerprint density at radius 1 is 0.930 bits per heavy atom. The highest BCUT2D eigenvalue weighted by Gasteiger charge is 2.57. The molecular weight excluding hydrogens is 588 g/mol. The van der Waals surface area contributed by atoms with Crippen molar-refractivity contribution >= 4 is 34.2 Å². The normalized spacial score (nSPS) is 23.5. The highest BCUT2D eigenvalue weighted by molar-refractivity contribution is 6.34. The monoisotopic (exact) mass is 617 g/mol. The molecule has 6 nitrogen and oxygen atoms in total. The number of fused-ring (bicyclic) bond motifs is 2. The zero-order chi connectivity index (χ0) is 29.7. The Hall–Kier alpha value is -3.33. The van der Waals surface area contributed by atoms with Crippen molar-refractivity contribution in [2.75, 3.05) is 0 Å². The zero-order valence-corrected chi connectivity index (χ0v) is 25.2. The molecule has 3 heterocycles. The summed E-state index contributed by atoms with van der Waals surface area (Å²) in [5, 5.41) is 0.928. The number of hydrogen-bond acceptors (Lipinski definition) is 5. The van der Waals surface area contributed by atoms with E-state index in [4.69, 9.17) is 37.4 Å². The van der Waals surface area contributed by atoms with Gasteiger partial charge in [0, 0.05) is 17.1 Å². The van der Waals surface area contributed by atoms with E-state index in [2.05, 4.69) is 46.4 Å². The number of ether oxygens (including phenoxy) is 3. The van der Waals surface area contributed by atoms with Crippen molar-refractivity contribution < 1.29 is 18.6 Å². The minimum absolute atomic E-state index is 0.0805. The van der Waals surface area contributed by atoms with Crippen LogP contribution in [0.15, 0.2) is 91.4 Å². The van der Waals surface area contributed by atoms with E-state index in [9.17, 15) is 0 Å². The van der Waals surface area contributed by atoms with Crippen molar-refractivity contribution in [3.8, 4) is 11.1 Å². The van der Waals surface area contributed by atoms with Crippen LogP contribution in [-0.4, -0.2) is 32.5 Å². The fourth-order valence-electron chi connectivity index (χ4n) is 6.55. The summed E-state index contributed by atoms with van der Waals surface area (Å²) in [7, 11) is 0. The molecule has 0 bridgehead atoms. The first kappa shape index (κ1) is 28.4. The third-order valence-corrected chi connectivity index (χ3v) is 8.97. The van der Waals surface area contributed by atoms with E-state index in [-0.39, 0.29) is 40.8 Å². The van der Waals surface area contributed by atoms with Crippen molar-refractivity contribution in [1.29, 1.82) is 0 Å². The summed E-state index contributed by atoms with van der Waals surface area (Å²) in [5.74, 6) is -1.40. The smallest absolute Gasteiger partial charge is 0.163 e. The maximum atomic E-state index is 15.1. The summed E-state index contributed by atoms with van der Waals surface area (Å²) in [6.07, 6.45) is 2.40. The van der Waals surface area contributed by atoms with Gasteiger partial charge in [0.1, 0.15) is 23.2 Å². The van der Waals surface area contributed by atoms with Gasteiger partial charge < -0.3 is 18.8 Å². The lowest BCUT2D eigenvalue weighted by molar-refractivity contribution is -0.167. The Balaban J connectivity index is 1.22. The summed E-state index contributed by atoms with van der Waals surface area (Å²) in [5.41, 5.74) is 4.78. The Morgan fingerprint density at radius 2 is 1.63 bits per heavy atom. The zero-order valence-electron chi connectivity index (χ0n) is 23.7. The number of rotatable bonds is 7. The first-order valence-electron chi connectivity index (χ1n) is 14.3. The Labute approximate surface area is 259 Å². The van der Waals surface area contributed by atoms with E-state index < -0.39 is 11.6 Å². The van der Waals surface area contributed by atoms with Gasteiger partial charge in [0.25, 0.3) is 0 Å². The first-order chi connectivity index (χ1) is 20.8. The van der Waals surface area contributed by atoms with Crippen LogP contribution in [0, 0.1) is 11.7 Å². The van der Waals surface area contributed by atoms with Crippen LogP contribution >= 0.6 is 23.2 Å². The molecule has 0 radical (unpaired) electrons. The van der Waals surface area contributed by atoms with Gasteiger partial charge in [-0.25, -0.2) is 14.4 Å². The predicted molar refractivity (Wildman–Crippen MR) is 164 cm³/mol. The SMILES string of the molecule is CC1(C)O[C@@H]2[C@@H]([C@H](OCc3ccc(-c4ccccc4)cc3)c3ccc(Cl)cc3)C[C@H](n3cc(F)c4c(Cl)ncnc43)[C@@H]2O1. The van der Waals surface area contributed by atoms with E-state index in [0.29, 0.717) is 23.7 Å². The van der Waals surface area contributed by atoms with Gasteiger partial charge in [-0.3, -0.25) is 0 Å². The Kier molecular flexibility index (Phi) is 7.48. The maximum absolute atomic E-state index is 15.1. The Bertz CT molecular complexity index is 1750. The average molecular weight is 619 g/mol. The molecule has 0 amide bonds. The molecule has 1 saturated heterocycles. The van der Waals surface area contributed by atoms with Gasteiger partial charge >= 0.3 is 0 Å². The summed E-state index contributed by atoms with van der Waals surface area (Å²) in [4.78, 5) is 8.36. The molecule has 1 aliphatic carbocycles. The molecule has 2 fully saturated rings. The fourth-order valence-corrected chi connectivity index (χ4v) is 6.89. The second-order valence-corrected chi connectivity index (χ2v) is 12.4. The third-order valence-electron chi connectivity index (χ3n) is 8.43. The van der Waals surface area contributed by atoms with E-state index >= 15 is 4.39 Å². The molecular formula is C34H30Cl2FN3O3. The van der Waals surface area contributed by atoms with Crippen LogP contribution in [0.25, 0.3) is 22.2 Å². The lowest BCUT2D eigenvalue weighted by Gasteiger charge is -2.30. The second-order valence-electron chi connectivity index (χ2n) is 11.6. The van der Waals surface area contributed by atoms with Crippen LogP contribution in [-0.2, 0) is 20.8 Å². The highest BCUT2D eigenvalue weighted by Crippen LogP contribution is 2.52. The summed E-state index contributed by atoms with van der Waals surface area (Å²) >= 11 is 12.5. The lowest BCUT2D eigenvalue weighted by atomic mass is 9.92. The maximum Gasteiger partial charge on any atom is 0.163 e. The van der Waals surface area contributed by atoms with Gasteiger partial charge in [0.05, 0.1) is 30.2 Å². The molecule has 2 aromatic heterocycles. The van der Waals surface area contributed by atoms with Gasteiger partial charge in [-0.15, -0.1) is 0 Å². The van der Waals surface area contributed by atoms with Gasteiger partial charge in [-0.1, -0.05) is 89.9 Å². The summed E-state index contributed by atoms with van der Waals surface area (Å²) < 4.78 is 36.7. The average Bonchev–Trinajstić information content (AvgIpc) is 3.63. The minimum atomic E-state index is -0.821. The van der Waals surface area contributed by atoms with Crippen molar-refractivity contribution in [1.82, 2.24) is 14.5 Å². The van der Waals surface area contributed by atoms with Gasteiger partial charge in [0.2, 0.25) is 0 Å². The molecule has 2 aliphatic rings. The predicted octanol–water partition coefficient (Wildman–Crippen LogP) is 8.58. The quantitative estimate of drug-likeness (QED) is 0.171. The van der Waals surface area contributed by atoms with Crippen molar-refractivity contribution in [2.45, 2.75) is 57.0 Å². The lowest BCUT2D eigenvalue weighted by Crippen LogP contribution is -2.30.